The van der Waals surface area contributed by atoms with Crippen LogP contribution in [-0.2, 0) is 9.59 Å². The monoisotopic (exact) mass is 360 g/mol. The standard InChI is InChI=1S/C18H20N2O6/c1-12(18(23)24)10-20(2)16(21)11-26-14-6-3-5-13(9-14)19-17(22)15-7-4-8-25-15/h3-9,12H,10-11H2,1-2H3,(H,19,22)(H,23,24). The SMILES string of the molecule is CC(CN(C)C(=O)COc1cccc(NC(=O)c2ccco2)c1)C(=O)O. The molecule has 1 heterocycles. The highest BCUT2D eigenvalue weighted by molar-refractivity contribution is 6.02. The molecule has 0 bridgehead atoms. The number of benzene rings is 1. The predicted molar refractivity (Wildman–Crippen MR) is 93.0 cm³/mol. The van der Waals surface area contributed by atoms with Crippen LogP contribution in [0, 0.1) is 5.92 Å². The van der Waals surface area contributed by atoms with Crippen LogP contribution < -0.4 is 10.1 Å². The number of carboxylic acid groups (broad SMARTS) is 1. The summed E-state index contributed by atoms with van der Waals surface area (Å²) in [6.45, 7) is 1.38. The summed E-state index contributed by atoms with van der Waals surface area (Å²) in [5.74, 6) is -1.79. The lowest BCUT2D eigenvalue weighted by atomic mass is 10.2. The van der Waals surface area contributed by atoms with Crippen molar-refractivity contribution in [3.05, 3.63) is 48.4 Å². The number of ether oxygens (including phenoxy) is 1. The lowest BCUT2D eigenvalue weighted by molar-refractivity contribution is -0.143. The third-order valence-corrected chi connectivity index (χ3v) is 3.59. The number of rotatable bonds is 8. The highest BCUT2D eigenvalue weighted by atomic mass is 16.5. The van der Waals surface area contributed by atoms with Crippen LogP contribution >= 0.6 is 0 Å². The second kappa shape index (κ2) is 8.70. The number of carbonyl (C=O) groups excluding carboxylic acids is 2. The summed E-state index contributed by atoms with van der Waals surface area (Å²) < 4.78 is 10.4. The molecule has 1 atom stereocenters. The van der Waals surface area contributed by atoms with Gasteiger partial charge in [0.15, 0.2) is 12.4 Å². The maximum Gasteiger partial charge on any atom is 0.308 e. The van der Waals surface area contributed by atoms with Crippen molar-refractivity contribution in [2.75, 3.05) is 25.5 Å². The van der Waals surface area contributed by atoms with E-state index < -0.39 is 17.8 Å². The van der Waals surface area contributed by atoms with Crippen LogP contribution in [-0.4, -0.2) is 48.0 Å². The molecule has 1 aromatic carbocycles. The number of carbonyl (C=O) groups is 3. The van der Waals surface area contributed by atoms with Gasteiger partial charge < -0.3 is 24.5 Å². The Kier molecular flexibility index (Phi) is 6.37. The second-order valence-corrected chi connectivity index (χ2v) is 5.76. The number of amides is 2. The molecule has 2 rings (SSSR count). The van der Waals surface area contributed by atoms with Crippen LogP contribution in [0.2, 0.25) is 0 Å². The molecule has 0 aliphatic carbocycles. The van der Waals surface area contributed by atoms with Gasteiger partial charge in [0.1, 0.15) is 5.75 Å². The predicted octanol–water partition coefficient (Wildman–Crippen LogP) is 2.09. The first-order valence-corrected chi connectivity index (χ1v) is 7.91. The Morgan fingerprint density at radius 2 is 2.04 bits per heavy atom. The lowest BCUT2D eigenvalue weighted by Gasteiger charge is -2.19. The molecular weight excluding hydrogens is 340 g/mol. The van der Waals surface area contributed by atoms with Crippen LogP contribution in [0.4, 0.5) is 5.69 Å². The maximum absolute atomic E-state index is 12.0. The Bertz CT molecular complexity index is 772. The zero-order chi connectivity index (χ0) is 19.1. The molecule has 2 amide bonds. The number of hydrogen-bond donors (Lipinski definition) is 2. The summed E-state index contributed by atoms with van der Waals surface area (Å²) >= 11 is 0. The molecule has 2 aromatic rings. The average molecular weight is 360 g/mol. The molecule has 0 radical (unpaired) electrons. The molecule has 8 nitrogen and oxygen atoms in total. The molecule has 0 aliphatic rings. The molecule has 0 saturated heterocycles. The lowest BCUT2D eigenvalue weighted by Crippen LogP contribution is -2.36. The fraction of sp³-hybridized carbons (Fsp3) is 0.278. The molecular formula is C18H20N2O6. The van der Waals surface area contributed by atoms with E-state index in [2.05, 4.69) is 5.32 Å². The largest absolute Gasteiger partial charge is 0.484 e. The number of nitrogens with one attached hydrogen (secondary N) is 1. The van der Waals surface area contributed by atoms with Gasteiger partial charge in [0, 0.05) is 25.3 Å². The molecule has 138 valence electrons. The van der Waals surface area contributed by atoms with Gasteiger partial charge in [-0.25, -0.2) is 0 Å². The quantitative estimate of drug-likeness (QED) is 0.746. The van der Waals surface area contributed by atoms with Crippen LogP contribution in [0.25, 0.3) is 0 Å². The Morgan fingerprint density at radius 1 is 1.27 bits per heavy atom. The van der Waals surface area contributed by atoms with Crippen molar-refractivity contribution in [3.8, 4) is 5.75 Å². The van der Waals surface area contributed by atoms with E-state index >= 15 is 0 Å². The Morgan fingerprint density at radius 3 is 2.69 bits per heavy atom. The normalized spacial score (nSPS) is 11.5. The van der Waals surface area contributed by atoms with Crippen molar-refractivity contribution >= 4 is 23.5 Å². The van der Waals surface area contributed by atoms with Crippen molar-refractivity contribution in [1.82, 2.24) is 4.90 Å². The number of likely N-dealkylation sites (N-methyl/N-ethyl adjacent to an activating group) is 1. The molecule has 1 unspecified atom stereocenters. The minimum atomic E-state index is -0.967. The molecule has 2 N–H and O–H groups in total. The van der Waals surface area contributed by atoms with Gasteiger partial charge in [0.25, 0.3) is 11.8 Å². The van der Waals surface area contributed by atoms with E-state index in [0.29, 0.717) is 11.4 Å². The van der Waals surface area contributed by atoms with E-state index in [1.807, 2.05) is 0 Å². The van der Waals surface area contributed by atoms with E-state index in [1.165, 1.54) is 25.1 Å². The summed E-state index contributed by atoms with van der Waals surface area (Å²) in [5.41, 5.74) is 0.490. The molecule has 0 spiro atoms. The van der Waals surface area contributed by atoms with Crippen LogP contribution in [0.1, 0.15) is 17.5 Å². The summed E-state index contributed by atoms with van der Waals surface area (Å²) in [4.78, 5) is 36.1. The van der Waals surface area contributed by atoms with Gasteiger partial charge in [-0.05, 0) is 24.3 Å². The van der Waals surface area contributed by atoms with Crippen molar-refractivity contribution < 1.29 is 28.6 Å². The summed E-state index contributed by atoms with van der Waals surface area (Å²) in [5, 5.41) is 11.5. The highest BCUT2D eigenvalue weighted by Gasteiger charge is 2.17. The minimum Gasteiger partial charge on any atom is -0.484 e. The van der Waals surface area contributed by atoms with Crippen LogP contribution in [0.15, 0.2) is 47.1 Å². The van der Waals surface area contributed by atoms with Gasteiger partial charge in [-0.3, -0.25) is 14.4 Å². The topological polar surface area (TPSA) is 109 Å². The van der Waals surface area contributed by atoms with Gasteiger partial charge in [-0.1, -0.05) is 13.0 Å². The molecule has 0 fully saturated rings. The average Bonchev–Trinajstić information content (AvgIpc) is 3.14. The van der Waals surface area contributed by atoms with Gasteiger partial charge in [-0.2, -0.15) is 0 Å². The zero-order valence-corrected chi connectivity index (χ0v) is 14.5. The van der Waals surface area contributed by atoms with Crippen LogP contribution in [0.3, 0.4) is 0 Å². The number of carboxylic acids is 1. The fourth-order valence-electron chi connectivity index (χ4n) is 2.11. The number of furan rings is 1. The molecule has 0 saturated carbocycles. The summed E-state index contributed by atoms with van der Waals surface area (Å²) in [7, 11) is 1.52. The third-order valence-electron chi connectivity index (χ3n) is 3.59. The Balaban J connectivity index is 1.89. The van der Waals surface area contributed by atoms with E-state index in [1.54, 1.807) is 36.4 Å². The van der Waals surface area contributed by atoms with Gasteiger partial charge in [0.05, 0.1) is 12.2 Å². The number of anilines is 1. The van der Waals surface area contributed by atoms with Crippen molar-refractivity contribution in [2.45, 2.75) is 6.92 Å². The molecule has 8 heteroatoms. The van der Waals surface area contributed by atoms with Gasteiger partial charge in [-0.15, -0.1) is 0 Å². The van der Waals surface area contributed by atoms with E-state index in [4.69, 9.17) is 14.3 Å². The first-order chi connectivity index (χ1) is 12.4. The zero-order valence-electron chi connectivity index (χ0n) is 14.5. The minimum absolute atomic E-state index is 0.0940. The smallest absolute Gasteiger partial charge is 0.308 e. The van der Waals surface area contributed by atoms with Crippen molar-refractivity contribution in [2.24, 2.45) is 5.92 Å². The fourth-order valence-corrected chi connectivity index (χ4v) is 2.11. The number of nitrogens with zero attached hydrogens (tertiary/aromatic N) is 1. The molecule has 1 aromatic heterocycles. The van der Waals surface area contributed by atoms with E-state index in [0.717, 1.165) is 0 Å². The summed E-state index contributed by atoms with van der Waals surface area (Å²) in [6.07, 6.45) is 1.40. The highest BCUT2D eigenvalue weighted by Crippen LogP contribution is 2.18. The number of aliphatic carboxylic acids is 1. The molecule has 26 heavy (non-hydrogen) atoms. The van der Waals surface area contributed by atoms with Crippen molar-refractivity contribution in [1.29, 1.82) is 0 Å². The number of hydrogen-bond acceptors (Lipinski definition) is 5. The first kappa shape index (κ1) is 19.0. The Hall–Kier alpha value is -3.29. The molecule has 0 aliphatic heterocycles. The maximum atomic E-state index is 12.0. The van der Waals surface area contributed by atoms with E-state index in [-0.39, 0.29) is 24.8 Å². The van der Waals surface area contributed by atoms with E-state index in [9.17, 15) is 14.4 Å². The van der Waals surface area contributed by atoms with Gasteiger partial charge in [0.2, 0.25) is 0 Å². The Labute approximate surface area is 150 Å². The summed E-state index contributed by atoms with van der Waals surface area (Å²) in [6, 6.07) is 9.73. The van der Waals surface area contributed by atoms with Gasteiger partial charge >= 0.3 is 5.97 Å². The van der Waals surface area contributed by atoms with Crippen molar-refractivity contribution in [3.63, 3.8) is 0 Å². The van der Waals surface area contributed by atoms with Crippen LogP contribution in [0.5, 0.6) is 5.75 Å². The first-order valence-electron chi connectivity index (χ1n) is 7.91. The second-order valence-electron chi connectivity index (χ2n) is 5.76. The third kappa shape index (κ3) is 5.37.